The summed E-state index contributed by atoms with van der Waals surface area (Å²) in [6, 6.07) is -1.48. The van der Waals surface area contributed by atoms with Crippen molar-refractivity contribution in [2.75, 3.05) is 13.2 Å². The summed E-state index contributed by atoms with van der Waals surface area (Å²) in [6.45, 7) is 10.2. The first-order chi connectivity index (χ1) is 28.2. The van der Waals surface area contributed by atoms with Crippen LogP contribution in [0.4, 0.5) is 0 Å². The number of amides is 1. The first-order valence-electron chi connectivity index (χ1n) is 20.3. The monoisotopic (exact) mass is 873 g/mol. The number of rotatable bonds is 14. The third kappa shape index (κ3) is 10.4. The predicted molar refractivity (Wildman–Crippen MR) is 195 cm³/mol. The van der Waals surface area contributed by atoms with Crippen molar-refractivity contribution in [1.29, 1.82) is 0 Å². The van der Waals surface area contributed by atoms with Gasteiger partial charge in [-0.2, -0.15) is 0 Å². The molecule has 5 heterocycles. The van der Waals surface area contributed by atoms with Gasteiger partial charge in [0.05, 0.1) is 37.1 Å². The van der Waals surface area contributed by atoms with Gasteiger partial charge in [0.15, 0.2) is 37.6 Å². The molecule has 25 atom stereocenters. The summed E-state index contributed by atoms with van der Waals surface area (Å²) in [6.07, 6.45) is -33.2. The first kappa shape index (κ1) is 49.2. The largest absolute Gasteiger partial charge is 0.479 e. The van der Waals surface area contributed by atoms with Gasteiger partial charge >= 0.3 is 5.97 Å². The van der Waals surface area contributed by atoms with E-state index in [4.69, 9.17) is 47.4 Å². The molecule has 5 rings (SSSR count). The van der Waals surface area contributed by atoms with Crippen LogP contribution in [-0.4, -0.2) is 217 Å². The third-order valence-corrected chi connectivity index (χ3v) is 11.8. The summed E-state index contributed by atoms with van der Waals surface area (Å²) in [4.78, 5) is 25.3. The minimum absolute atomic E-state index is 0.253. The predicted octanol–water partition coefficient (Wildman–Crippen LogP) is -4.62. The molecular weight excluding hydrogens is 810 g/mol. The van der Waals surface area contributed by atoms with E-state index >= 15 is 0 Å². The Morgan fingerprint density at radius 1 is 0.550 bits per heavy atom. The number of carboxylic acid groups (broad SMARTS) is 1. The summed E-state index contributed by atoms with van der Waals surface area (Å²) in [7, 11) is 0. The quantitative estimate of drug-likeness (QED) is 0.0782. The zero-order valence-corrected chi connectivity index (χ0v) is 34.4. The standard InChI is InChI=1S/C37H63NO22/c1-8-9-51-36-27(12(3)20(42)14(5)53-36)56-33-18(38-16(7)40)28(23(45)17(10-39)55-33)57-35-26(48)25(47)29(31(60-35)32(49)50)58-37-30(24(46)22(44)15(6)54-37)59-34-21(43)11(2)19(41)13(4)52-34/h11-15,17-31,33-37,39,41-48H,8-10H2,1-7H3,(H,38,40)(H,49,50)/t11?,12-,13-,14?,15-,17?,18?,19+,20+,21?,22-,23-,24?,25+,26?,27?,28+,29+,30?,31?,33-,34-,35+,36+,37-/m0/s1. The van der Waals surface area contributed by atoms with Crippen molar-refractivity contribution < 1.29 is 108 Å². The summed E-state index contributed by atoms with van der Waals surface area (Å²) < 4.78 is 58.6. The zero-order chi connectivity index (χ0) is 44.5. The Hall–Kier alpha value is -1.82. The molecule has 60 heavy (non-hydrogen) atoms. The highest BCUT2D eigenvalue weighted by Crippen LogP contribution is 2.37. The molecule has 11 N–H and O–H groups in total. The number of carbonyl (C=O) groups is 2. The fourth-order valence-corrected chi connectivity index (χ4v) is 8.07. The van der Waals surface area contributed by atoms with Crippen molar-refractivity contribution in [1.82, 2.24) is 5.32 Å². The molecule has 23 nitrogen and oxygen atoms in total. The minimum atomic E-state index is -2.18. The van der Waals surface area contributed by atoms with Gasteiger partial charge in [0, 0.05) is 25.4 Å². The molecular formula is C37H63NO22. The summed E-state index contributed by atoms with van der Waals surface area (Å²) in [5.74, 6) is -3.84. The van der Waals surface area contributed by atoms with Crippen molar-refractivity contribution in [2.45, 2.75) is 196 Å². The molecule has 5 saturated heterocycles. The molecule has 348 valence electrons. The smallest absolute Gasteiger partial charge is 0.335 e. The topological polar surface area (TPSA) is 341 Å². The maximum atomic E-state index is 12.7. The van der Waals surface area contributed by atoms with Crippen LogP contribution in [0.1, 0.15) is 54.9 Å². The molecule has 1 amide bonds. The molecule has 0 aliphatic carbocycles. The fourth-order valence-electron chi connectivity index (χ4n) is 8.07. The Kier molecular flexibility index (Phi) is 17.0. The molecule has 0 radical (unpaired) electrons. The van der Waals surface area contributed by atoms with Crippen LogP contribution in [0.2, 0.25) is 0 Å². The molecule has 23 heteroatoms. The number of hydrogen-bond donors (Lipinski definition) is 11. The number of nitrogens with one attached hydrogen (secondary N) is 1. The lowest BCUT2D eigenvalue weighted by Crippen LogP contribution is -2.70. The van der Waals surface area contributed by atoms with Gasteiger partial charge < -0.3 is 104 Å². The zero-order valence-electron chi connectivity index (χ0n) is 34.4. The molecule has 0 aromatic carbocycles. The molecule has 5 fully saturated rings. The maximum absolute atomic E-state index is 12.7. The van der Waals surface area contributed by atoms with Crippen LogP contribution >= 0.6 is 0 Å². The second-order valence-corrected chi connectivity index (χ2v) is 16.3. The average Bonchev–Trinajstić information content (AvgIpc) is 3.20. The Morgan fingerprint density at radius 2 is 1.07 bits per heavy atom. The van der Waals surface area contributed by atoms with Crippen LogP contribution in [0, 0.1) is 11.8 Å². The number of aliphatic hydroxyl groups excluding tert-OH is 9. The van der Waals surface area contributed by atoms with Gasteiger partial charge in [0.1, 0.15) is 73.2 Å². The van der Waals surface area contributed by atoms with Crippen LogP contribution in [0.15, 0.2) is 0 Å². The van der Waals surface area contributed by atoms with Gasteiger partial charge in [0.25, 0.3) is 0 Å². The second kappa shape index (κ2) is 20.8. The minimum Gasteiger partial charge on any atom is -0.479 e. The van der Waals surface area contributed by atoms with E-state index < -0.39 is 172 Å². The van der Waals surface area contributed by atoms with Crippen molar-refractivity contribution in [3.05, 3.63) is 0 Å². The van der Waals surface area contributed by atoms with E-state index in [2.05, 4.69) is 5.32 Å². The van der Waals surface area contributed by atoms with Gasteiger partial charge in [-0.1, -0.05) is 20.8 Å². The van der Waals surface area contributed by atoms with Gasteiger partial charge in [-0.05, 0) is 27.2 Å². The Morgan fingerprint density at radius 3 is 1.67 bits per heavy atom. The first-order valence-corrected chi connectivity index (χ1v) is 20.3. The van der Waals surface area contributed by atoms with Gasteiger partial charge in [-0.25, -0.2) is 4.79 Å². The van der Waals surface area contributed by atoms with E-state index in [1.807, 2.05) is 6.92 Å². The van der Waals surface area contributed by atoms with Crippen LogP contribution < -0.4 is 5.32 Å². The lowest BCUT2D eigenvalue weighted by Gasteiger charge is -2.50. The molecule has 5 aliphatic heterocycles. The average molecular weight is 874 g/mol. The highest BCUT2D eigenvalue weighted by Gasteiger charge is 2.57. The van der Waals surface area contributed by atoms with Gasteiger partial charge in [-0.3, -0.25) is 4.79 Å². The maximum Gasteiger partial charge on any atom is 0.335 e. The Bertz CT molecular complexity index is 1400. The molecule has 0 bridgehead atoms. The van der Waals surface area contributed by atoms with E-state index in [9.17, 15) is 60.7 Å². The van der Waals surface area contributed by atoms with Crippen LogP contribution in [0.5, 0.6) is 0 Å². The molecule has 0 aromatic heterocycles. The van der Waals surface area contributed by atoms with Crippen molar-refractivity contribution >= 4 is 11.9 Å². The third-order valence-electron chi connectivity index (χ3n) is 11.8. The fraction of sp³-hybridized carbons (Fsp3) is 0.946. The molecule has 0 spiro atoms. The summed E-state index contributed by atoms with van der Waals surface area (Å²) in [5, 5.41) is 111. The second-order valence-electron chi connectivity index (χ2n) is 16.3. The van der Waals surface area contributed by atoms with E-state index in [1.54, 1.807) is 13.8 Å². The molecule has 0 saturated carbocycles. The van der Waals surface area contributed by atoms with Gasteiger partial charge in [-0.15, -0.1) is 0 Å². The summed E-state index contributed by atoms with van der Waals surface area (Å²) >= 11 is 0. The van der Waals surface area contributed by atoms with Crippen LogP contribution in [0.25, 0.3) is 0 Å². The van der Waals surface area contributed by atoms with Crippen molar-refractivity contribution in [3.8, 4) is 0 Å². The van der Waals surface area contributed by atoms with Gasteiger partial charge in [0.2, 0.25) is 5.91 Å². The highest BCUT2D eigenvalue weighted by atomic mass is 16.8. The van der Waals surface area contributed by atoms with E-state index in [0.29, 0.717) is 6.42 Å². The van der Waals surface area contributed by atoms with E-state index in [0.717, 1.165) is 6.92 Å². The summed E-state index contributed by atoms with van der Waals surface area (Å²) in [5.41, 5.74) is 0. The SMILES string of the molecule is CCCO[C@@H]1OC(C)[C@H](O)[C@H](C)C1O[C@@H]1OC(CO)[C@H](O)[C@H](O[C@@H]2OC(C(=O)O)[C@H](O[C@@H]3O[C@@H](C)[C@H](O)C(O)C3O[C@@H]3O[C@@H](C)[C@H](O)C(C)C3O)[C@H](O)C2O)C1NC(C)=O. The Labute approximate surface area is 346 Å². The number of carboxylic acids is 1. The number of carbonyl (C=O) groups excluding carboxylic acids is 1. The number of hydrogen-bond acceptors (Lipinski definition) is 21. The van der Waals surface area contributed by atoms with Crippen LogP contribution in [-0.2, 0) is 57.0 Å². The lowest BCUT2D eigenvalue weighted by atomic mass is 9.90. The normalized spacial score (nSPS) is 50.2. The molecule has 0 aromatic rings. The number of ether oxygens (including phenoxy) is 10. The Balaban J connectivity index is 1.39. The highest BCUT2D eigenvalue weighted by molar-refractivity contribution is 5.74. The lowest BCUT2D eigenvalue weighted by molar-refractivity contribution is -0.387. The van der Waals surface area contributed by atoms with Crippen molar-refractivity contribution in [2.24, 2.45) is 11.8 Å². The number of aliphatic hydroxyl groups is 9. The van der Waals surface area contributed by atoms with E-state index in [1.165, 1.54) is 20.8 Å². The van der Waals surface area contributed by atoms with E-state index in [-0.39, 0.29) is 6.61 Å². The molecule has 5 aliphatic rings. The number of aliphatic carboxylic acids is 1. The molecule has 10 unspecified atom stereocenters. The van der Waals surface area contributed by atoms with Crippen molar-refractivity contribution in [3.63, 3.8) is 0 Å². The van der Waals surface area contributed by atoms with Crippen LogP contribution in [0.3, 0.4) is 0 Å².